The summed E-state index contributed by atoms with van der Waals surface area (Å²) in [5.74, 6) is 0.529. The highest BCUT2D eigenvalue weighted by Gasteiger charge is 2.44. The third-order valence-corrected chi connectivity index (χ3v) is 4.11. The summed E-state index contributed by atoms with van der Waals surface area (Å²) in [5.41, 5.74) is -0.757. The lowest BCUT2D eigenvalue weighted by atomic mass is 9.91. The molecule has 2 heterocycles. The summed E-state index contributed by atoms with van der Waals surface area (Å²) in [6.07, 6.45) is 1.22. The Morgan fingerprint density at radius 1 is 1.53 bits per heavy atom. The fraction of sp³-hybridized carbons (Fsp3) is 0.846. The van der Waals surface area contributed by atoms with Gasteiger partial charge in [-0.05, 0) is 32.6 Å². The van der Waals surface area contributed by atoms with Gasteiger partial charge in [0.15, 0.2) is 0 Å². The fourth-order valence-electron chi connectivity index (χ4n) is 3.12. The van der Waals surface area contributed by atoms with Crippen molar-refractivity contribution in [2.75, 3.05) is 20.2 Å². The van der Waals surface area contributed by atoms with Gasteiger partial charge in [0, 0.05) is 20.0 Å². The van der Waals surface area contributed by atoms with E-state index in [0.29, 0.717) is 25.5 Å². The monoisotopic (exact) mass is 270 g/mol. The maximum absolute atomic E-state index is 11.4. The molecule has 0 radical (unpaired) electrons. The molecule has 19 heavy (non-hydrogen) atoms. The highest BCUT2D eigenvalue weighted by molar-refractivity contribution is 5.76. The molecule has 2 aliphatic heterocycles. The Kier molecular flexibility index (Phi) is 3.71. The summed E-state index contributed by atoms with van der Waals surface area (Å²) in [6, 6.07) is -0.112. The number of hydrogen-bond donors (Lipinski definition) is 1. The van der Waals surface area contributed by atoms with Crippen LogP contribution in [0.4, 0.5) is 4.79 Å². The van der Waals surface area contributed by atoms with E-state index in [0.717, 1.165) is 12.8 Å². The van der Waals surface area contributed by atoms with Crippen LogP contribution in [0.5, 0.6) is 0 Å². The van der Waals surface area contributed by atoms with Crippen molar-refractivity contribution >= 4 is 12.0 Å². The van der Waals surface area contributed by atoms with Crippen LogP contribution in [0.2, 0.25) is 0 Å². The topological polar surface area (TPSA) is 70.1 Å². The molecular formula is C13H22N2O4. The number of ether oxygens (including phenoxy) is 1. The minimum Gasteiger partial charge on any atom is -0.465 e. The summed E-state index contributed by atoms with van der Waals surface area (Å²) in [6.45, 7) is 4.70. The Hall–Kier alpha value is -1.30. The normalized spacial score (nSPS) is 30.8. The van der Waals surface area contributed by atoms with E-state index in [1.807, 2.05) is 0 Å². The molecule has 0 saturated carbocycles. The summed E-state index contributed by atoms with van der Waals surface area (Å²) in [7, 11) is 1.80. The predicted octanol–water partition coefficient (Wildman–Crippen LogP) is 1.36. The van der Waals surface area contributed by atoms with Crippen LogP contribution in [0.1, 0.15) is 33.1 Å². The van der Waals surface area contributed by atoms with Crippen molar-refractivity contribution in [1.29, 1.82) is 0 Å². The molecule has 1 unspecified atom stereocenters. The van der Waals surface area contributed by atoms with E-state index < -0.39 is 11.8 Å². The second-order valence-corrected chi connectivity index (χ2v) is 5.98. The Morgan fingerprint density at radius 2 is 2.21 bits per heavy atom. The standard InChI is InChI=1S/C13H22N2O4/c1-13(2)15(12(17)18)10(8-19-13)6-9-4-5-11(16)14(3)7-9/h9-10H,4-8H2,1-3H3,(H,17,18)/t9-,10?/m1/s1. The largest absolute Gasteiger partial charge is 0.465 e. The van der Waals surface area contributed by atoms with E-state index in [1.165, 1.54) is 4.90 Å². The molecule has 0 aliphatic carbocycles. The van der Waals surface area contributed by atoms with Crippen LogP contribution < -0.4 is 0 Å². The van der Waals surface area contributed by atoms with Gasteiger partial charge in [0.1, 0.15) is 5.72 Å². The van der Waals surface area contributed by atoms with Crippen LogP contribution in [0.3, 0.4) is 0 Å². The molecule has 2 saturated heterocycles. The molecule has 0 aromatic rings. The van der Waals surface area contributed by atoms with Crippen LogP contribution in [0.15, 0.2) is 0 Å². The molecule has 0 bridgehead atoms. The lowest BCUT2D eigenvalue weighted by Gasteiger charge is -2.35. The second kappa shape index (κ2) is 5.00. The predicted molar refractivity (Wildman–Crippen MR) is 68.7 cm³/mol. The van der Waals surface area contributed by atoms with Gasteiger partial charge in [-0.1, -0.05) is 0 Å². The lowest BCUT2D eigenvalue weighted by Crippen LogP contribution is -2.48. The Morgan fingerprint density at radius 3 is 2.79 bits per heavy atom. The molecule has 6 nitrogen and oxygen atoms in total. The Labute approximate surface area is 113 Å². The third-order valence-electron chi connectivity index (χ3n) is 4.11. The molecule has 0 aromatic heterocycles. The summed E-state index contributed by atoms with van der Waals surface area (Å²) in [4.78, 5) is 26.0. The van der Waals surface area contributed by atoms with Crippen LogP contribution in [-0.2, 0) is 9.53 Å². The second-order valence-electron chi connectivity index (χ2n) is 5.98. The summed E-state index contributed by atoms with van der Waals surface area (Å²) < 4.78 is 5.58. The highest BCUT2D eigenvalue weighted by atomic mass is 16.5. The zero-order chi connectivity index (χ0) is 14.2. The van der Waals surface area contributed by atoms with Gasteiger partial charge < -0.3 is 14.7 Å². The van der Waals surface area contributed by atoms with Gasteiger partial charge >= 0.3 is 6.09 Å². The van der Waals surface area contributed by atoms with Gasteiger partial charge in [-0.2, -0.15) is 0 Å². The minimum absolute atomic E-state index is 0.112. The number of carbonyl (C=O) groups excluding carboxylic acids is 1. The first kappa shape index (κ1) is 14.1. The van der Waals surface area contributed by atoms with Gasteiger partial charge in [0.2, 0.25) is 5.91 Å². The molecular weight excluding hydrogens is 248 g/mol. The molecule has 1 N–H and O–H groups in total. The molecule has 2 aliphatic rings. The van der Waals surface area contributed by atoms with Crippen LogP contribution in [0.25, 0.3) is 0 Å². The fourth-order valence-corrected chi connectivity index (χ4v) is 3.12. The third kappa shape index (κ3) is 2.83. The highest BCUT2D eigenvalue weighted by Crippen LogP contribution is 2.32. The molecule has 2 amide bonds. The smallest absolute Gasteiger partial charge is 0.409 e. The average Bonchev–Trinajstić information content (AvgIpc) is 2.59. The van der Waals surface area contributed by atoms with E-state index in [1.54, 1.807) is 25.8 Å². The maximum atomic E-state index is 11.4. The molecule has 2 fully saturated rings. The van der Waals surface area contributed by atoms with Crippen LogP contribution in [-0.4, -0.2) is 58.9 Å². The zero-order valence-electron chi connectivity index (χ0n) is 11.8. The van der Waals surface area contributed by atoms with Crippen molar-refractivity contribution in [1.82, 2.24) is 9.80 Å². The van der Waals surface area contributed by atoms with E-state index in [4.69, 9.17) is 4.74 Å². The van der Waals surface area contributed by atoms with Crippen molar-refractivity contribution in [3.63, 3.8) is 0 Å². The first-order valence-corrected chi connectivity index (χ1v) is 6.71. The van der Waals surface area contributed by atoms with Crippen molar-refractivity contribution in [3.05, 3.63) is 0 Å². The number of carbonyl (C=O) groups is 2. The van der Waals surface area contributed by atoms with Crippen molar-refractivity contribution < 1.29 is 19.4 Å². The molecule has 6 heteroatoms. The zero-order valence-corrected chi connectivity index (χ0v) is 11.8. The van der Waals surface area contributed by atoms with Gasteiger partial charge in [-0.25, -0.2) is 4.79 Å². The van der Waals surface area contributed by atoms with Gasteiger partial charge in [0.05, 0.1) is 12.6 Å². The van der Waals surface area contributed by atoms with E-state index in [9.17, 15) is 14.7 Å². The SMILES string of the molecule is CN1C[C@@H](CC2COC(C)(C)N2C(=O)O)CCC1=O. The van der Waals surface area contributed by atoms with Crippen molar-refractivity contribution in [2.45, 2.75) is 44.9 Å². The van der Waals surface area contributed by atoms with Gasteiger partial charge in [0.25, 0.3) is 0 Å². The van der Waals surface area contributed by atoms with E-state index >= 15 is 0 Å². The first-order chi connectivity index (χ1) is 8.81. The Balaban J connectivity index is 1.99. The number of nitrogens with zero attached hydrogens (tertiary/aromatic N) is 2. The van der Waals surface area contributed by atoms with Gasteiger partial charge in [-0.15, -0.1) is 0 Å². The molecule has 2 atom stereocenters. The first-order valence-electron chi connectivity index (χ1n) is 6.71. The Bertz CT molecular complexity index is 383. The quantitative estimate of drug-likeness (QED) is 0.822. The van der Waals surface area contributed by atoms with Crippen LogP contribution >= 0.6 is 0 Å². The number of rotatable bonds is 2. The number of carboxylic acid groups (broad SMARTS) is 1. The van der Waals surface area contributed by atoms with Crippen molar-refractivity contribution in [3.8, 4) is 0 Å². The minimum atomic E-state index is -0.937. The number of hydrogen-bond acceptors (Lipinski definition) is 3. The lowest BCUT2D eigenvalue weighted by molar-refractivity contribution is -0.133. The number of amides is 2. The van der Waals surface area contributed by atoms with E-state index in [-0.39, 0.29) is 11.9 Å². The molecule has 2 rings (SSSR count). The van der Waals surface area contributed by atoms with E-state index in [2.05, 4.69) is 0 Å². The molecule has 0 spiro atoms. The summed E-state index contributed by atoms with van der Waals surface area (Å²) >= 11 is 0. The van der Waals surface area contributed by atoms with Gasteiger partial charge in [-0.3, -0.25) is 9.69 Å². The number of piperidine rings is 1. The van der Waals surface area contributed by atoms with Crippen LogP contribution in [0, 0.1) is 5.92 Å². The molecule has 0 aromatic carbocycles. The molecule has 108 valence electrons. The van der Waals surface area contributed by atoms with Crippen molar-refractivity contribution in [2.24, 2.45) is 5.92 Å². The number of likely N-dealkylation sites (tertiary alicyclic amines) is 1. The maximum Gasteiger partial charge on any atom is 0.409 e. The summed E-state index contributed by atoms with van der Waals surface area (Å²) in [5, 5.41) is 9.32. The average molecular weight is 270 g/mol.